The standard InChI is InChI=1S/C20H24N2O4/c1-24-17-13-16(14-18-19(17)26-12-11-25-18)20(23)22(10-8-21)9-7-15-5-3-2-4-6-15/h2-6,13-14H,7-12,21H2,1H3. The smallest absolute Gasteiger partial charge is 0.254 e. The van der Waals surface area contributed by atoms with Crippen molar-refractivity contribution in [2.24, 2.45) is 5.73 Å². The Labute approximate surface area is 153 Å². The summed E-state index contributed by atoms with van der Waals surface area (Å²) in [5.74, 6) is 1.49. The van der Waals surface area contributed by atoms with Crippen LogP contribution in [-0.4, -0.2) is 50.8 Å². The fourth-order valence-corrected chi connectivity index (χ4v) is 2.96. The Kier molecular flexibility index (Phi) is 5.96. The van der Waals surface area contributed by atoms with Gasteiger partial charge in [-0.3, -0.25) is 4.79 Å². The van der Waals surface area contributed by atoms with Gasteiger partial charge in [0, 0.05) is 25.2 Å². The molecule has 0 fully saturated rings. The van der Waals surface area contributed by atoms with Crippen molar-refractivity contribution in [3.63, 3.8) is 0 Å². The van der Waals surface area contributed by atoms with Gasteiger partial charge in [-0.15, -0.1) is 0 Å². The van der Waals surface area contributed by atoms with Crippen molar-refractivity contribution in [3.05, 3.63) is 53.6 Å². The highest BCUT2D eigenvalue weighted by atomic mass is 16.6. The molecule has 6 heteroatoms. The molecule has 1 amide bonds. The van der Waals surface area contributed by atoms with E-state index in [9.17, 15) is 4.79 Å². The van der Waals surface area contributed by atoms with Gasteiger partial charge >= 0.3 is 0 Å². The van der Waals surface area contributed by atoms with Crippen LogP contribution in [0.25, 0.3) is 0 Å². The first-order valence-electron chi connectivity index (χ1n) is 8.74. The van der Waals surface area contributed by atoms with Crippen LogP contribution >= 0.6 is 0 Å². The first kappa shape index (κ1) is 18.1. The fourth-order valence-electron chi connectivity index (χ4n) is 2.96. The zero-order chi connectivity index (χ0) is 18.4. The summed E-state index contributed by atoms with van der Waals surface area (Å²) < 4.78 is 16.6. The van der Waals surface area contributed by atoms with Gasteiger partial charge in [-0.25, -0.2) is 0 Å². The molecular weight excluding hydrogens is 332 g/mol. The molecule has 2 aromatic carbocycles. The summed E-state index contributed by atoms with van der Waals surface area (Å²) in [4.78, 5) is 14.8. The van der Waals surface area contributed by atoms with E-state index in [1.54, 1.807) is 24.1 Å². The molecule has 0 aliphatic carbocycles. The molecule has 0 radical (unpaired) electrons. The molecule has 0 saturated carbocycles. The number of benzene rings is 2. The molecule has 0 bridgehead atoms. The number of hydrogen-bond donors (Lipinski definition) is 1. The number of nitrogens with two attached hydrogens (primary N) is 1. The van der Waals surface area contributed by atoms with Gasteiger partial charge in [-0.2, -0.15) is 0 Å². The number of methoxy groups -OCH3 is 1. The Morgan fingerprint density at radius 1 is 1.15 bits per heavy atom. The van der Waals surface area contributed by atoms with E-state index in [2.05, 4.69) is 12.1 Å². The highest BCUT2D eigenvalue weighted by Crippen LogP contribution is 2.40. The molecule has 2 aromatic rings. The van der Waals surface area contributed by atoms with Crippen molar-refractivity contribution >= 4 is 5.91 Å². The van der Waals surface area contributed by atoms with Gasteiger partial charge in [0.1, 0.15) is 13.2 Å². The molecule has 2 N–H and O–H groups in total. The summed E-state index contributed by atoms with van der Waals surface area (Å²) in [6, 6.07) is 13.5. The lowest BCUT2D eigenvalue weighted by Crippen LogP contribution is -2.37. The molecule has 0 spiro atoms. The van der Waals surface area contributed by atoms with Gasteiger partial charge in [0.2, 0.25) is 5.75 Å². The normalized spacial score (nSPS) is 12.5. The molecule has 0 atom stereocenters. The lowest BCUT2D eigenvalue weighted by molar-refractivity contribution is 0.0760. The van der Waals surface area contributed by atoms with Crippen molar-refractivity contribution in [3.8, 4) is 17.2 Å². The summed E-state index contributed by atoms with van der Waals surface area (Å²) >= 11 is 0. The maximum atomic E-state index is 13.0. The van der Waals surface area contributed by atoms with Gasteiger partial charge in [0.25, 0.3) is 5.91 Å². The minimum Gasteiger partial charge on any atom is -0.493 e. The van der Waals surface area contributed by atoms with Crippen molar-refractivity contribution in [2.45, 2.75) is 6.42 Å². The fraction of sp³-hybridized carbons (Fsp3) is 0.350. The minimum atomic E-state index is -0.0957. The molecular formula is C20H24N2O4. The van der Waals surface area contributed by atoms with E-state index in [1.807, 2.05) is 18.2 Å². The number of ether oxygens (including phenoxy) is 3. The van der Waals surface area contributed by atoms with E-state index in [-0.39, 0.29) is 5.91 Å². The van der Waals surface area contributed by atoms with Gasteiger partial charge in [-0.1, -0.05) is 30.3 Å². The second-order valence-corrected chi connectivity index (χ2v) is 6.02. The van der Waals surface area contributed by atoms with E-state index >= 15 is 0 Å². The molecule has 1 aliphatic rings. The predicted octanol–water partition coefficient (Wildman–Crippen LogP) is 2.11. The number of amides is 1. The molecule has 1 heterocycles. The van der Waals surface area contributed by atoms with Crippen molar-refractivity contribution in [2.75, 3.05) is 40.0 Å². The molecule has 0 saturated heterocycles. The van der Waals surface area contributed by atoms with Crippen LogP contribution in [0, 0.1) is 0 Å². The zero-order valence-corrected chi connectivity index (χ0v) is 14.9. The molecule has 26 heavy (non-hydrogen) atoms. The maximum Gasteiger partial charge on any atom is 0.254 e. The first-order chi connectivity index (χ1) is 12.7. The average Bonchev–Trinajstić information content (AvgIpc) is 2.70. The Morgan fingerprint density at radius 3 is 2.65 bits per heavy atom. The molecule has 3 rings (SSSR count). The summed E-state index contributed by atoms with van der Waals surface area (Å²) in [6.45, 7) is 2.41. The van der Waals surface area contributed by atoms with Crippen molar-refractivity contribution < 1.29 is 19.0 Å². The largest absolute Gasteiger partial charge is 0.493 e. The third-order valence-corrected chi connectivity index (χ3v) is 4.27. The van der Waals surface area contributed by atoms with Crippen LogP contribution in [0.15, 0.2) is 42.5 Å². The first-order valence-corrected chi connectivity index (χ1v) is 8.74. The molecule has 6 nitrogen and oxygen atoms in total. The average molecular weight is 356 g/mol. The van der Waals surface area contributed by atoms with Crippen molar-refractivity contribution in [1.29, 1.82) is 0 Å². The topological polar surface area (TPSA) is 74.0 Å². The minimum absolute atomic E-state index is 0.0957. The molecule has 0 aromatic heterocycles. The van der Waals surface area contributed by atoms with E-state index in [1.165, 1.54) is 5.56 Å². The van der Waals surface area contributed by atoms with Crippen LogP contribution in [0.5, 0.6) is 17.2 Å². The highest BCUT2D eigenvalue weighted by Gasteiger charge is 2.23. The number of hydrogen-bond acceptors (Lipinski definition) is 5. The van der Waals surface area contributed by atoms with Crippen LogP contribution in [-0.2, 0) is 6.42 Å². The van der Waals surface area contributed by atoms with Crippen LogP contribution < -0.4 is 19.9 Å². The lowest BCUT2D eigenvalue weighted by Gasteiger charge is -2.25. The Morgan fingerprint density at radius 2 is 1.92 bits per heavy atom. The SMILES string of the molecule is COc1cc(C(=O)N(CCN)CCc2ccccc2)cc2c1OCCO2. The van der Waals surface area contributed by atoms with Crippen LogP contribution in [0.1, 0.15) is 15.9 Å². The second kappa shape index (κ2) is 8.58. The van der Waals surface area contributed by atoms with Gasteiger partial charge < -0.3 is 24.8 Å². The Bertz CT molecular complexity index is 732. The summed E-state index contributed by atoms with van der Waals surface area (Å²) in [7, 11) is 1.55. The lowest BCUT2D eigenvalue weighted by atomic mass is 10.1. The van der Waals surface area contributed by atoms with Gasteiger partial charge in [-0.05, 0) is 24.1 Å². The second-order valence-electron chi connectivity index (χ2n) is 6.02. The van der Waals surface area contributed by atoms with Gasteiger partial charge in [0.05, 0.1) is 7.11 Å². The van der Waals surface area contributed by atoms with E-state index in [0.717, 1.165) is 6.42 Å². The van der Waals surface area contributed by atoms with Gasteiger partial charge in [0.15, 0.2) is 11.5 Å². The number of rotatable bonds is 7. The summed E-state index contributed by atoms with van der Waals surface area (Å²) in [5, 5.41) is 0. The molecule has 138 valence electrons. The highest BCUT2D eigenvalue weighted by molar-refractivity contribution is 5.95. The van der Waals surface area contributed by atoms with E-state index in [4.69, 9.17) is 19.9 Å². The number of nitrogens with zero attached hydrogens (tertiary/aromatic N) is 1. The number of carbonyl (C=O) groups excluding carboxylic acids is 1. The quantitative estimate of drug-likeness (QED) is 0.822. The van der Waals surface area contributed by atoms with Crippen LogP contribution in [0.3, 0.4) is 0 Å². The van der Waals surface area contributed by atoms with E-state index in [0.29, 0.717) is 55.7 Å². The molecule has 0 unspecified atom stereocenters. The monoisotopic (exact) mass is 356 g/mol. The third kappa shape index (κ3) is 4.08. The summed E-state index contributed by atoms with van der Waals surface area (Å²) in [6.07, 6.45) is 0.772. The Balaban J connectivity index is 1.80. The molecule has 1 aliphatic heterocycles. The zero-order valence-electron chi connectivity index (χ0n) is 14.9. The maximum absolute atomic E-state index is 13.0. The Hall–Kier alpha value is -2.73. The summed E-state index contributed by atoms with van der Waals surface area (Å²) in [5.41, 5.74) is 7.41. The van der Waals surface area contributed by atoms with Crippen LogP contribution in [0.2, 0.25) is 0 Å². The third-order valence-electron chi connectivity index (χ3n) is 4.27. The predicted molar refractivity (Wildman–Crippen MR) is 99.1 cm³/mol. The van der Waals surface area contributed by atoms with Crippen molar-refractivity contribution in [1.82, 2.24) is 4.90 Å². The number of carbonyl (C=O) groups is 1. The van der Waals surface area contributed by atoms with Crippen LogP contribution in [0.4, 0.5) is 0 Å². The van der Waals surface area contributed by atoms with E-state index < -0.39 is 0 Å². The number of fused-ring (bicyclic) bond motifs is 1.